The second-order valence-electron chi connectivity index (χ2n) is 8.82. The van der Waals surface area contributed by atoms with Crippen LogP contribution in [0.5, 0.6) is 0 Å². The Morgan fingerprint density at radius 2 is 1.34 bits per heavy atom. The zero-order valence-electron chi connectivity index (χ0n) is 19.5. The van der Waals surface area contributed by atoms with E-state index < -0.39 is 11.9 Å². The second kappa shape index (κ2) is 12.5. The summed E-state index contributed by atoms with van der Waals surface area (Å²) in [4.78, 5) is 24.8. The van der Waals surface area contributed by atoms with Gasteiger partial charge in [-0.05, 0) is 65.2 Å². The van der Waals surface area contributed by atoms with Crippen molar-refractivity contribution in [3.8, 4) is 0 Å². The molecule has 0 spiro atoms. The van der Waals surface area contributed by atoms with E-state index in [-0.39, 0.29) is 29.9 Å². The molecule has 0 aromatic heterocycles. The zero-order valence-corrected chi connectivity index (χ0v) is 19.5. The van der Waals surface area contributed by atoms with E-state index >= 15 is 0 Å². The van der Waals surface area contributed by atoms with Crippen molar-refractivity contribution in [2.45, 2.75) is 105 Å². The Bertz CT molecular complexity index is 492. The van der Waals surface area contributed by atoms with Crippen LogP contribution in [0.3, 0.4) is 0 Å². The van der Waals surface area contributed by atoms with Crippen LogP contribution in [0.4, 0.5) is 0 Å². The summed E-state index contributed by atoms with van der Waals surface area (Å²) in [5.41, 5.74) is -0.393. The monoisotopic (exact) mass is 414 g/mol. The van der Waals surface area contributed by atoms with E-state index in [0.717, 1.165) is 12.8 Å². The molecule has 1 fully saturated rings. The number of hydrogen-bond acceptors (Lipinski definition) is 6. The van der Waals surface area contributed by atoms with Crippen molar-refractivity contribution in [2.24, 2.45) is 17.8 Å². The molecule has 1 saturated carbocycles. The summed E-state index contributed by atoms with van der Waals surface area (Å²) in [5.74, 6) is -0.213. The lowest BCUT2D eigenvalue weighted by Crippen LogP contribution is -2.36. The molecule has 0 aromatic rings. The topological polar surface area (TPSA) is 71.1 Å². The highest BCUT2D eigenvalue weighted by Crippen LogP contribution is 2.32. The molecule has 1 aliphatic carbocycles. The van der Waals surface area contributed by atoms with Crippen molar-refractivity contribution in [1.29, 1.82) is 0 Å². The SMILES string of the molecule is CCC(C)(CC)OC(=O)C1CCC(C(=O)OC(C)OCCOC(C)C(C)C)CC1. The minimum Gasteiger partial charge on any atom is -0.459 e. The summed E-state index contributed by atoms with van der Waals surface area (Å²) in [6, 6.07) is 0. The van der Waals surface area contributed by atoms with E-state index in [1.54, 1.807) is 6.92 Å². The van der Waals surface area contributed by atoms with Gasteiger partial charge in [0.2, 0.25) is 0 Å². The number of rotatable bonds is 12. The Kier molecular flexibility index (Phi) is 11.2. The van der Waals surface area contributed by atoms with Gasteiger partial charge in [0.25, 0.3) is 0 Å². The fraction of sp³-hybridized carbons (Fsp3) is 0.913. The van der Waals surface area contributed by atoms with Crippen molar-refractivity contribution in [3.05, 3.63) is 0 Å². The number of hydrogen-bond donors (Lipinski definition) is 0. The van der Waals surface area contributed by atoms with Crippen LogP contribution in [0.1, 0.15) is 87.0 Å². The van der Waals surface area contributed by atoms with Gasteiger partial charge in [-0.3, -0.25) is 9.59 Å². The number of carbonyl (C=O) groups is 2. The van der Waals surface area contributed by atoms with E-state index in [1.807, 2.05) is 27.7 Å². The Labute approximate surface area is 177 Å². The van der Waals surface area contributed by atoms with E-state index in [9.17, 15) is 9.59 Å². The van der Waals surface area contributed by atoms with E-state index in [0.29, 0.717) is 44.8 Å². The molecule has 1 aliphatic rings. The summed E-state index contributed by atoms with van der Waals surface area (Å²) in [6.07, 6.45) is 3.80. The van der Waals surface area contributed by atoms with Crippen molar-refractivity contribution in [2.75, 3.05) is 13.2 Å². The van der Waals surface area contributed by atoms with Crippen molar-refractivity contribution in [1.82, 2.24) is 0 Å². The third-order valence-corrected chi connectivity index (χ3v) is 6.27. The largest absolute Gasteiger partial charge is 0.459 e. The highest BCUT2D eigenvalue weighted by atomic mass is 16.7. The minimum atomic E-state index is -0.599. The molecule has 1 rings (SSSR count). The Morgan fingerprint density at radius 1 is 0.862 bits per heavy atom. The highest BCUT2D eigenvalue weighted by Gasteiger charge is 2.35. The first-order valence-electron chi connectivity index (χ1n) is 11.3. The van der Waals surface area contributed by atoms with Crippen LogP contribution in [0.15, 0.2) is 0 Å². The zero-order chi connectivity index (χ0) is 22.0. The van der Waals surface area contributed by atoms with Gasteiger partial charge in [-0.1, -0.05) is 27.7 Å². The van der Waals surface area contributed by atoms with Gasteiger partial charge < -0.3 is 18.9 Å². The molecule has 0 heterocycles. The minimum absolute atomic E-state index is 0.120. The molecular weight excluding hydrogens is 372 g/mol. The Hall–Kier alpha value is -1.14. The van der Waals surface area contributed by atoms with Crippen LogP contribution in [-0.2, 0) is 28.5 Å². The molecule has 0 radical (unpaired) electrons. The third-order valence-electron chi connectivity index (χ3n) is 6.27. The van der Waals surface area contributed by atoms with Crippen LogP contribution in [0.2, 0.25) is 0 Å². The van der Waals surface area contributed by atoms with E-state index in [4.69, 9.17) is 18.9 Å². The maximum Gasteiger partial charge on any atom is 0.311 e. The first-order valence-corrected chi connectivity index (χ1v) is 11.3. The molecule has 29 heavy (non-hydrogen) atoms. The molecule has 0 N–H and O–H groups in total. The van der Waals surface area contributed by atoms with Gasteiger partial charge in [0, 0.05) is 0 Å². The Morgan fingerprint density at radius 3 is 1.83 bits per heavy atom. The predicted octanol–water partition coefficient (Wildman–Crippen LogP) is 4.88. The van der Waals surface area contributed by atoms with Gasteiger partial charge in [0.1, 0.15) is 5.60 Å². The third kappa shape index (κ3) is 9.04. The van der Waals surface area contributed by atoms with Crippen LogP contribution in [0.25, 0.3) is 0 Å². The molecule has 0 aromatic carbocycles. The molecule has 0 saturated heterocycles. The molecule has 6 heteroatoms. The number of ether oxygens (including phenoxy) is 4. The van der Waals surface area contributed by atoms with Gasteiger partial charge in [-0.2, -0.15) is 0 Å². The van der Waals surface area contributed by atoms with Crippen LogP contribution < -0.4 is 0 Å². The summed E-state index contributed by atoms with van der Waals surface area (Å²) in [5, 5.41) is 0. The smallest absolute Gasteiger partial charge is 0.311 e. The molecule has 0 aliphatic heterocycles. The van der Waals surface area contributed by atoms with E-state index in [2.05, 4.69) is 13.8 Å². The van der Waals surface area contributed by atoms with E-state index in [1.165, 1.54) is 0 Å². The van der Waals surface area contributed by atoms with Gasteiger partial charge in [-0.25, -0.2) is 0 Å². The molecule has 2 atom stereocenters. The first kappa shape index (κ1) is 25.9. The van der Waals surface area contributed by atoms with Crippen LogP contribution >= 0.6 is 0 Å². The normalized spacial score (nSPS) is 22.2. The van der Waals surface area contributed by atoms with Crippen molar-refractivity contribution in [3.63, 3.8) is 0 Å². The van der Waals surface area contributed by atoms with Crippen molar-refractivity contribution < 1.29 is 28.5 Å². The lowest BCUT2D eigenvalue weighted by Gasteiger charge is -2.32. The van der Waals surface area contributed by atoms with Crippen LogP contribution in [0, 0.1) is 17.8 Å². The fourth-order valence-corrected chi connectivity index (χ4v) is 3.22. The standard InChI is InChI=1S/C23H42O6/c1-8-23(7,9-2)29-22(25)20-12-10-19(11-13-20)21(24)28-18(6)27-15-14-26-17(5)16(3)4/h16-20H,8-15H2,1-7H3. The molecule has 0 bridgehead atoms. The Balaban J connectivity index is 2.30. The van der Waals surface area contributed by atoms with Gasteiger partial charge in [0.15, 0.2) is 6.29 Å². The molecule has 170 valence electrons. The van der Waals surface area contributed by atoms with Crippen molar-refractivity contribution >= 4 is 11.9 Å². The summed E-state index contributed by atoms with van der Waals surface area (Å²) in [7, 11) is 0. The highest BCUT2D eigenvalue weighted by molar-refractivity contribution is 5.75. The summed E-state index contributed by atoms with van der Waals surface area (Å²) in [6.45, 7) is 14.9. The molecule has 6 nitrogen and oxygen atoms in total. The maximum atomic E-state index is 12.5. The van der Waals surface area contributed by atoms with Gasteiger partial charge in [-0.15, -0.1) is 0 Å². The van der Waals surface area contributed by atoms with Crippen LogP contribution in [-0.4, -0.2) is 43.1 Å². The number of carbonyl (C=O) groups excluding carboxylic acids is 2. The fourth-order valence-electron chi connectivity index (χ4n) is 3.22. The van der Waals surface area contributed by atoms with Gasteiger partial charge >= 0.3 is 11.9 Å². The van der Waals surface area contributed by atoms with Gasteiger partial charge in [0.05, 0.1) is 31.2 Å². The average Bonchev–Trinajstić information content (AvgIpc) is 2.70. The maximum absolute atomic E-state index is 12.5. The number of esters is 2. The lowest BCUT2D eigenvalue weighted by molar-refractivity contribution is -0.185. The molecule has 0 amide bonds. The summed E-state index contributed by atoms with van der Waals surface area (Å²) < 4.78 is 22.3. The predicted molar refractivity (Wildman–Crippen MR) is 112 cm³/mol. The quantitative estimate of drug-likeness (QED) is 0.257. The molecule has 2 unspecified atom stereocenters. The lowest BCUT2D eigenvalue weighted by atomic mass is 9.82. The summed E-state index contributed by atoms with van der Waals surface area (Å²) >= 11 is 0. The second-order valence-corrected chi connectivity index (χ2v) is 8.82. The molecular formula is C23H42O6. The average molecular weight is 415 g/mol. The first-order chi connectivity index (χ1) is 13.6.